The Morgan fingerprint density at radius 2 is 1.60 bits per heavy atom. The van der Waals surface area contributed by atoms with E-state index in [-0.39, 0.29) is 34.7 Å². The third-order valence-corrected chi connectivity index (χ3v) is 15.7. The van der Waals surface area contributed by atoms with Gasteiger partial charge in [-0.2, -0.15) is 11.8 Å². The van der Waals surface area contributed by atoms with Gasteiger partial charge >= 0.3 is 0 Å². The highest BCUT2D eigenvalue weighted by atomic mass is 32.2. The maximum Gasteiger partial charge on any atom is 0.269 e. The average Bonchev–Trinajstić information content (AvgIpc) is 3.74. The minimum atomic E-state index is -4.20. The summed E-state index contributed by atoms with van der Waals surface area (Å²) in [5, 5.41) is 1.40. The monoisotopic (exact) mass is 773 g/mol. The van der Waals surface area contributed by atoms with Crippen LogP contribution >= 0.6 is 11.8 Å². The van der Waals surface area contributed by atoms with Gasteiger partial charge in [0.15, 0.2) is 5.65 Å². The van der Waals surface area contributed by atoms with E-state index < -0.39 is 15.4 Å². The zero-order valence-electron chi connectivity index (χ0n) is 31.8. The van der Waals surface area contributed by atoms with E-state index in [1.807, 2.05) is 65.2 Å². The van der Waals surface area contributed by atoms with Crippen LogP contribution in [-0.2, 0) is 31.6 Å². The largest absolute Gasteiger partial charge is 0.337 e. The molecule has 2 bridgehead atoms. The second-order valence-corrected chi connectivity index (χ2v) is 18.9. The van der Waals surface area contributed by atoms with E-state index in [9.17, 15) is 9.59 Å². The van der Waals surface area contributed by atoms with Gasteiger partial charge in [-0.1, -0.05) is 79.7 Å². The Kier molecular flexibility index (Phi) is 8.98. The molecule has 11 heteroatoms. The highest BCUT2D eigenvalue weighted by Gasteiger charge is 2.61. The molecule has 3 saturated heterocycles. The lowest BCUT2D eigenvalue weighted by Gasteiger charge is -2.44. The third kappa shape index (κ3) is 5.67. The summed E-state index contributed by atoms with van der Waals surface area (Å²) in [6.07, 6.45) is 8.03. The Bertz CT molecular complexity index is 2410. The van der Waals surface area contributed by atoms with Gasteiger partial charge in [-0.05, 0) is 86.2 Å². The summed E-state index contributed by atoms with van der Waals surface area (Å²) in [6, 6.07) is 26.6. The zero-order valence-corrected chi connectivity index (χ0v) is 33.4. The molecule has 284 valence electrons. The van der Waals surface area contributed by atoms with Gasteiger partial charge in [0.2, 0.25) is 11.8 Å². The molecule has 2 aromatic heterocycles. The molecule has 0 N–H and O–H groups in total. The first-order valence-electron chi connectivity index (χ1n) is 19.4. The number of hydrogen-bond acceptors (Lipinski definition) is 7. The van der Waals surface area contributed by atoms with Crippen LogP contribution < -0.4 is 4.90 Å². The molecule has 4 aliphatic rings. The lowest BCUT2D eigenvalue weighted by Crippen LogP contribution is -2.55. The summed E-state index contributed by atoms with van der Waals surface area (Å²) in [7, 11) is -2.40. The Morgan fingerprint density at radius 3 is 2.24 bits per heavy atom. The van der Waals surface area contributed by atoms with Gasteiger partial charge in [-0.25, -0.2) is 17.4 Å². The number of amides is 2. The molecule has 1 spiro atoms. The van der Waals surface area contributed by atoms with Gasteiger partial charge in [0.1, 0.15) is 0 Å². The number of benzene rings is 3. The van der Waals surface area contributed by atoms with Gasteiger partial charge in [0.05, 0.1) is 27.9 Å². The smallest absolute Gasteiger partial charge is 0.269 e. The normalized spacial score (nSPS) is 24.3. The van der Waals surface area contributed by atoms with Crippen molar-refractivity contribution in [2.24, 2.45) is 5.92 Å². The van der Waals surface area contributed by atoms with Crippen LogP contribution in [0.1, 0.15) is 57.1 Å². The second-order valence-electron chi connectivity index (χ2n) is 16.0. The summed E-state index contributed by atoms with van der Waals surface area (Å²) in [5.74, 6) is 0.248. The average molecular weight is 774 g/mol. The van der Waals surface area contributed by atoms with Crippen LogP contribution in [0.2, 0.25) is 0 Å². The summed E-state index contributed by atoms with van der Waals surface area (Å²) in [4.78, 5) is 39.2. The molecule has 4 aliphatic heterocycles. The molecule has 9 rings (SSSR count). The number of fused-ring (bicyclic) bond motifs is 6. The number of hydrogen-bond donors (Lipinski definition) is 0. The first kappa shape index (κ1) is 36.2. The maximum atomic E-state index is 15.1. The molecule has 9 nitrogen and oxygen atoms in total. The van der Waals surface area contributed by atoms with Gasteiger partial charge in [-0.3, -0.25) is 14.5 Å². The van der Waals surface area contributed by atoms with Crippen molar-refractivity contribution < 1.29 is 18.0 Å². The molecule has 0 radical (unpaired) electrons. The molecule has 3 aromatic carbocycles. The number of nitrogens with zero attached hydrogens (tertiary/aromatic N) is 5. The topological polar surface area (TPSA) is 95.8 Å². The number of piperidine rings is 2. The molecule has 2 amide bonds. The molecule has 55 heavy (non-hydrogen) atoms. The molecule has 0 aliphatic carbocycles. The first-order chi connectivity index (χ1) is 26.5. The third-order valence-electron chi connectivity index (χ3n) is 12.9. The molecule has 4 atom stereocenters. The van der Waals surface area contributed by atoms with Crippen LogP contribution in [-0.4, -0.2) is 82.7 Å². The Labute approximate surface area is 327 Å². The first-order valence-corrected chi connectivity index (χ1v) is 22.1. The van der Waals surface area contributed by atoms with Crippen LogP contribution in [0, 0.1) is 5.92 Å². The summed E-state index contributed by atoms with van der Waals surface area (Å²) in [6.45, 7) is 6.76. The molecule has 5 aromatic rings. The lowest BCUT2D eigenvalue weighted by atomic mass is 9.69. The fourth-order valence-electron chi connectivity index (χ4n) is 10.3. The van der Waals surface area contributed by atoms with Crippen molar-refractivity contribution in [1.82, 2.24) is 18.8 Å². The Hall–Kier alpha value is -4.45. The van der Waals surface area contributed by atoms with Crippen LogP contribution in [0.3, 0.4) is 0 Å². The van der Waals surface area contributed by atoms with Crippen molar-refractivity contribution in [3.8, 4) is 22.4 Å². The quantitative estimate of drug-likeness (QED) is 0.169. The lowest BCUT2D eigenvalue weighted by molar-refractivity contribution is -0.138. The number of anilines is 1. The van der Waals surface area contributed by atoms with Crippen LogP contribution in [0.4, 0.5) is 5.69 Å². The van der Waals surface area contributed by atoms with E-state index in [1.165, 1.54) is 22.4 Å². The highest BCUT2D eigenvalue weighted by molar-refractivity contribution is 7.99. The number of thioether (sulfide) groups is 1. The van der Waals surface area contributed by atoms with Gasteiger partial charge < -0.3 is 9.80 Å². The molecule has 4 unspecified atom stereocenters. The molecular weight excluding hydrogens is 727 g/mol. The molecule has 0 saturated carbocycles. The van der Waals surface area contributed by atoms with E-state index in [0.29, 0.717) is 40.5 Å². The number of carbonyl (C=O) groups is 2. The van der Waals surface area contributed by atoms with Crippen molar-refractivity contribution >= 4 is 50.3 Å². The number of likely N-dealkylation sites (tertiary alicyclic amines) is 1. The zero-order chi connectivity index (χ0) is 38.2. The van der Waals surface area contributed by atoms with Crippen LogP contribution in [0.5, 0.6) is 0 Å². The molecule has 3 fully saturated rings. The van der Waals surface area contributed by atoms with Crippen molar-refractivity contribution in [2.75, 3.05) is 31.3 Å². The predicted octanol–water partition coefficient (Wildman–Crippen LogP) is 7.57. The van der Waals surface area contributed by atoms with Gasteiger partial charge in [0, 0.05) is 54.4 Å². The SMILES string of the molecule is CSC1CCN(Cc2ccc(-c3c(-c4ccccc4)c4c5c(cnc4n3S(=O)(=O)c3ccccc3)N(C)C(=O)C53CC4CC(C)C(C3)N4C(C)=O)cc2)CC1. The van der Waals surface area contributed by atoms with E-state index in [2.05, 4.69) is 30.2 Å². The van der Waals surface area contributed by atoms with E-state index in [1.54, 1.807) is 49.3 Å². The fraction of sp³-hybridized carbons (Fsp3) is 0.386. The van der Waals surface area contributed by atoms with Crippen molar-refractivity contribution in [3.05, 3.63) is 102 Å². The predicted molar refractivity (Wildman–Crippen MR) is 220 cm³/mol. The van der Waals surface area contributed by atoms with Crippen molar-refractivity contribution in [1.29, 1.82) is 0 Å². The summed E-state index contributed by atoms with van der Waals surface area (Å²) >= 11 is 1.96. The van der Waals surface area contributed by atoms with Crippen LogP contribution in [0.25, 0.3) is 33.4 Å². The number of pyridine rings is 1. The number of aromatic nitrogens is 2. The Morgan fingerprint density at radius 1 is 0.927 bits per heavy atom. The number of carbonyl (C=O) groups excluding carboxylic acids is 2. The number of likely N-dealkylation sites (N-methyl/N-ethyl adjacent to an activating group) is 1. The highest BCUT2D eigenvalue weighted by Crippen LogP contribution is 2.59. The summed E-state index contributed by atoms with van der Waals surface area (Å²) in [5.41, 5.74) is 4.90. The van der Waals surface area contributed by atoms with Crippen LogP contribution in [0.15, 0.2) is 96.0 Å². The number of rotatable bonds is 7. The van der Waals surface area contributed by atoms with Gasteiger partial charge in [-0.15, -0.1) is 0 Å². The molecular formula is C44H47N5O4S2. The maximum absolute atomic E-state index is 15.1. The summed E-state index contributed by atoms with van der Waals surface area (Å²) < 4.78 is 31.7. The van der Waals surface area contributed by atoms with E-state index >= 15 is 8.42 Å². The van der Waals surface area contributed by atoms with Gasteiger partial charge in [0.25, 0.3) is 10.0 Å². The van der Waals surface area contributed by atoms with Crippen molar-refractivity contribution in [3.63, 3.8) is 0 Å². The van der Waals surface area contributed by atoms with Crippen molar-refractivity contribution in [2.45, 2.75) is 80.1 Å². The minimum Gasteiger partial charge on any atom is -0.337 e. The fourth-order valence-corrected chi connectivity index (χ4v) is 12.5. The Balaban J connectivity index is 1.30. The molecule has 6 heterocycles. The minimum absolute atomic E-state index is 0.0192. The second kappa shape index (κ2) is 13.6. The van der Waals surface area contributed by atoms with E-state index in [0.717, 1.165) is 48.3 Å². The standard InChI is InChI=1S/C44H47N5O4S2/c1-28-23-33-24-44(25-36(28)48(33)29(2)50)40-37(46(3)43(44)51)26-45-42-39(40)38(31-11-7-5-8-12-31)41(49(42)55(52,53)35-13-9-6-10-14-35)32-17-15-30(16-18-32)27-47-21-19-34(54-4)20-22-47/h5-18,26,28,33-34,36H,19-25,27H2,1-4H3. The van der Waals surface area contributed by atoms with E-state index in [4.69, 9.17) is 4.98 Å².